The Morgan fingerprint density at radius 3 is 2.87 bits per heavy atom. The second-order valence-corrected chi connectivity index (χ2v) is 6.89. The molecule has 0 saturated heterocycles. The van der Waals surface area contributed by atoms with Crippen LogP contribution in [-0.2, 0) is 15.7 Å². The van der Waals surface area contributed by atoms with Crippen molar-refractivity contribution in [1.82, 2.24) is 15.0 Å². The lowest BCUT2D eigenvalue weighted by atomic mass is 9.98. The van der Waals surface area contributed by atoms with Gasteiger partial charge < -0.3 is 24.5 Å². The molecule has 7 nitrogen and oxygen atoms in total. The first-order chi connectivity index (χ1) is 14.5. The molecule has 30 heavy (non-hydrogen) atoms. The maximum Gasteiger partial charge on any atom is 0.431 e. The van der Waals surface area contributed by atoms with Crippen molar-refractivity contribution in [3.05, 3.63) is 47.9 Å². The van der Waals surface area contributed by atoms with Gasteiger partial charge in [0.1, 0.15) is 41.9 Å². The highest BCUT2D eigenvalue weighted by Crippen LogP contribution is 2.38. The van der Waals surface area contributed by atoms with E-state index in [9.17, 15) is 13.2 Å². The van der Waals surface area contributed by atoms with Gasteiger partial charge in [-0.1, -0.05) is 18.2 Å². The van der Waals surface area contributed by atoms with Crippen LogP contribution in [0.25, 0.3) is 11.0 Å². The maximum atomic E-state index is 13.1. The first kappa shape index (κ1) is 20.4. The number of alkyl halides is 3. The average Bonchev–Trinajstić information content (AvgIpc) is 3.18. The number of para-hydroxylation sites is 1. The van der Waals surface area contributed by atoms with E-state index >= 15 is 0 Å². The first-order valence-corrected chi connectivity index (χ1v) is 9.47. The highest BCUT2D eigenvalue weighted by Gasteiger charge is 2.35. The highest BCUT2D eigenvalue weighted by molar-refractivity contribution is 5.88. The number of rotatable bonds is 7. The molecule has 1 aromatic carbocycles. The minimum Gasteiger partial charge on any atom is -0.490 e. The van der Waals surface area contributed by atoms with Crippen molar-refractivity contribution in [2.75, 3.05) is 32.2 Å². The zero-order valence-electron chi connectivity index (χ0n) is 16.2. The number of nitrogens with one attached hydrogen (secondary N) is 2. The molecule has 1 aliphatic heterocycles. The molecule has 0 saturated carbocycles. The van der Waals surface area contributed by atoms with E-state index in [-0.39, 0.29) is 23.2 Å². The Morgan fingerprint density at radius 2 is 2.07 bits per heavy atom. The van der Waals surface area contributed by atoms with Crippen molar-refractivity contribution >= 4 is 16.9 Å². The number of benzene rings is 1. The molecule has 160 valence electrons. The summed E-state index contributed by atoms with van der Waals surface area (Å²) in [5, 5.41) is 3.52. The molecular weight excluding hydrogens is 401 g/mol. The van der Waals surface area contributed by atoms with Gasteiger partial charge in [-0.15, -0.1) is 0 Å². The van der Waals surface area contributed by atoms with E-state index < -0.39 is 11.9 Å². The van der Waals surface area contributed by atoms with Crippen molar-refractivity contribution in [2.24, 2.45) is 0 Å². The van der Waals surface area contributed by atoms with Gasteiger partial charge in [0.25, 0.3) is 0 Å². The third-order valence-corrected chi connectivity index (χ3v) is 4.88. The molecule has 1 unspecified atom stereocenters. The number of methoxy groups -OCH3 is 1. The Hall–Kier alpha value is -2.85. The molecule has 0 aliphatic carbocycles. The summed E-state index contributed by atoms with van der Waals surface area (Å²) in [6.45, 7) is 1.33. The monoisotopic (exact) mass is 422 g/mol. The summed E-state index contributed by atoms with van der Waals surface area (Å²) in [6.07, 6.45) is -2.92. The molecule has 3 heterocycles. The topological polar surface area (TPSA) is 81.3 Å². The summed E-state index contributed by atoms with van der Waals surface area (Å²) in [6, 6.07) is 8.13. The molecule has 2 atom stereocenters. The Kier molecular flexibility index (Phi) is 5.78. The van der Waals surface area contributed by atoms with Gasteiger partial charge in [-0.25, -0.2) is 9.97 Å². The highest BCUT2D eigenvalue weighted by atomic mass is 19.4. The van der Waals surface area contributed by atoms with E-state index in [0.717, 1.165) is 11.6 Å². The van der Waals surface area contributed by atoms with Gasteiger partial charge in [0.15, 0.2) is 0 Å². The summed E-state index contributed by atoms with van der Waals surface area (Å²) in [5.74, 6) is 0.987. The third kappa shape index (κ3) is 4.19. The van der Waals surface area contributed by atoms with E-state index in [4.69, 9.17) is 14.2 Å². The fourth-order valence-corrected chi connectivity index (χ4v) is 3.45. The fourth-order valence-electron chi connectivity index (χ4n) is 3.45. The molecule has 3 aromatic rings. The molecule has 2 aromatic heterocycles. The van der Waals surface area contributed by atoms with Crippen LogP contribution in [0.3, 0.4) is 0 Å². The molecular formula is C20H21F3N4O3. The van der Waals surface area contributed by atoms with Crippen LogP contribution in [0.5, 0.6) is 5.75 Å². The summed E-state index contributed by atoms with van der Waals surface area (Å²) < 4.78 is 56.3. The summed E-state index contributed by atoms with van der Waals surface area (Å²) >= 11 is 0. The Labute approximate surface area is 170 Å². The van der Waals surface area contributed by atoms with E-state index in [1.54, 1.807) is 7.11 Å². The number of hydrogen-bond donors (Lipinski definition) is 2. The maximum absolute atomic E-state index is 13.1. The summed E-state index contributed by atoms with van der Waals surface area (Å²) in [5.41, 5.74) is 0.0809. The normalized spacial score (nSPS) is 18.8. The van der Waals surface area contributed by atoms with Crippen molar-refractivity contribution in [3.63, 3.8) is 0 Å². The Morgan fingerprint density at radius 1 is 1.23 bits per heavy atom. The van der Waals surface area contributed by atoms with Gasteiger partial charge in [-0.3, -0.25) is 0 Å². The van der Waals surface area contributed by atoms with Gasteiger partial charge in [0, 0.05) is 25.9 Å². The van der Waals surface area contributed by atoms with Gasteiger partial charge >= 0.3 is 6.18 Å². The SMILES string of the molecule is COCCCO[C@H]1COc2ccccc2C1Nc1ncnc2[nH]c(C(F)(F)F)cc12. The number of fused-ring (bicyclic) bond motifs is 2. The number of ether oxygens (including phenoxy) is 3. The van der Waals surface area contributed by atoms with E-state index in [0.29, 0.717) is 37.8 Å². The summed E-state index contributed by atoms with van der Waals surface area (Å²) in [7, 11) is 1.62. The average molecular weight is 422 g/mol. The lowest BCUT2D eigenvalue weighted by Gasteiger charge is -2.34. The molecule has 4 rings (SSSR count). The van der Waals surface area contributed by atoms with Crippen LogP contribution >= 0.6 is 0 Å². The molecule has 0 spiro atoms. The Bertz CT molecular complexity index is 1010. The van der Waals surface area contributed by atoms with Gasteiger partial charge in [0.2, 0.25) is 0 Å². The van der Waals surface area contributed by atoms with Crippen LogP contribution in [0.15, 0.2) is 36.7 Å². The second-order valence-electron chi connectivity index (χ2n) is 6.89. The smallest absolute Gasteiger partial charge is 0.431 e. The molecule has 10 heteroatoms. The third-order valence-electron chi connectivity index (χ3n) is 4.88. The summed E-state index contributed by atoms with van der Waals surface area (Å²) in [4.78, 5) is 10.4. The number of halogens is 3. The minimum absolute atomic E-state index is 0.109. The number of anilines is 1. The van der Waals surface area contributed by atoms with Crippen LogP contribution in [0.1, 0.15) is 23.7 Å². The van der Waals surface area contributed by atoms with Gasteiger partial charge in [-0.05, 0) is 18.6 Å². The first-order valence-electron chi connectivity index (χ1n) is 9.47. The van der Waals surface area contributed by atoms with Crippen LogP contribution in [-0.4, -0.2) is 48.0 Å². The number of hydrogen-bond acceptors (Lipinski definition) is 6. The largest absolute Gasteiger partial charge is 0.490 e. The van der Waals surface area contributed by atoms with Crippen LogP contribution in [0, 0.1) is 0 Å². The predicted octanol–water partition coefficient (Wildman–Crippen LogP) is 3.94. The standard InChI is InChI=1S/C20H21F3N4O3/c1-28-7-4-8-29-15-10-30-14-6-3-2-5-12(14)17(15)27-19-13-9-16(20(21,22)23)26-18(13)24-11-25-19/h2-3,5-6,9,11,15,17H,4,7-8,10H2,1H3,(H2,24,25,26,27)/t15-,17?/m0/s1. The van der Waals surface area contributed by atoms with Crippen LogP contribution in [0.4, 0.5) is 19.0 Å². The van der Waals surface area contributed by atoms with Crippen LogP contribution < -0.4 is 10.1 Å². The van der Waals surface area contributed by atoms with E-state index in [1.165, 1.54) is 6.33 Å². The Balaban J connectivity index is 1.65. The van der Waals surface area contributed by atoms with E-state index in [2.05, 4.69) is 20.3 Å². The lowest BCUT2D eigenvalue weighted by molar-refractivity contribution is -0.140. The van der Waals surface area contributed by atoms with E-state index in [1.807, 2.05) is 24.3 Å². The second kappa shape index (κ2) is 8.49. The molecule has 0 bridgehead atoms. The van der Waals surface area contributed by atoms with Gasteiger partial charge in [0.05, 0.1) is 11.4 Å². The zero-order chi connectivity index (χ0) is 21.1. The fraction of sp³-hybridized carbons (Fsp3) is 0.400. The number of H-pyrrole nitrogens is 1. The quantitative estimate of drug-likeness (QED) is 0.562. The number of aromatic amines is 1. The minimum atomic E-state index is -4.50. The van der Waals surface area contributed by atoms with Crippen molar-refractivity contribution in [3.8, 4) is 5.75 Å². The molecule has 2 N–H and O–H groups in total. The lowest BCUT2D eigenvalue weighted by Crippen LogP contribution is -2.38. The zero-order valence-corrected chi connectivity index (χ0v) is 16.2. The molecule has 0 fully saturated rings. The van der Waals surface area contributed by atoms with Crippen molar-refractivity contribution in [2.45, 2.75) is 24.7 Å². The predicted molar refractivity (Wildman–Crippen MR) is 103 cm³/mol. The van der Waals surface area contributed by atoms with Crippen LogP contribution in [0.2, 0.25) is 0 Å². The number of nitrogens with zero attached hydrogens (tertiary/aromatic N) is 2. The molecule has 0 amide bonds. The number of aromatic nitrogens is 3. The van der Waals surface area contributed by atoms with Crippen molar-refractivity contribution < 1.29 is 27.4 Å². The van der Waals surface area contributed by atoms with Gasteiger partial charge in [-0.2, -0.15) is 13.2 Å². The molecule has 0 radical (unpaired) electrons. The molecule has 1 aliphatic rings. The van der Waals surface area contributed by atoms with Crippen molar-refractivity contribution in [1.29, 1.82) is 0 Å².